The van der Waals surface area contributed by atoms with Crippen LogP contribution in [0.2, 0.25) is 0 Å². The summed E-state index contributed by atoms with van der Waals surface area (Å²) in [5.74, 6) is 0. The number of rotatable bonds is 5. The molecular formula is C46H29NOS. The molecular weight excluding hydrogens is 615 g/mol. The second-order valence-corrected chi connectivity index (χ2v) is 13.6. The fraction of sp³-hybridized carbons (Fsp3) is 0. The Kier molecular flexibility index (Phi) is 6.39. The summed E-state index contributed by atoms with van der Waals surface area (Å²) >= 11 is 1.87. The smallest absolute Gasteiger partial charge is 0.135 e. The van der Waals surface area contributed by atoms with Crippen molar-refractivity contribution in [3.8, 4) is 22.3 Å². The third kappa shape index (κ3) is 4.62. The standard InChI is InChI=1S/C46H29NOS/c1-2-11-32(12-3-1)37-25-26-41(46-45(37)39-15-7-9-17-44(39)49-46)47(36-24-20-30-10-4-5-13-33(30)28-36)35-22-18-31(19-23-35)34-21-27-43-40(29-34)38-14-6-8-16-42(38)48-43/h1-29H. The van der Waals surface area contributed by atoms with Gasteiger partial charge in [0.2, 0.25) is 0 Å². The highest BCUT2D eigenvalue weighted by Crippen LogP contribution is 2.48. The zero-order valence-electron chi connectivity index (χ0n) is 26.5. The average molecular weight is 644 g/mol. The Labute approximate surface area is 287 Å². The van der Waals surface area contributed by atoms with Crippen LogP contribution >= 0.6 is 11.3 Å². The van der Waals surface area contributed by atoms with Crippen LogP contribution in [0.25, 0.3) is 75.1 Å². The second-order valence-electron chi connectivity index (χ2n) is 12.5. The van der Waals surface area contributed by atoms with Gasteiger partial charge in [0, 0.05) is 37.6 Å². The molecule has 0 saturated carbocycles. The Morgan fingerprint density at radius 1 is 0.429 bits per heavy atom. The van der Waals surface area contributed by atoms with Gasteiger partial charge in [-0.15, -0.1) is 11.3 Å². The molecule has 10 aromatic rings. The van der Waals surface area contributed by atoms with Crippen LogP contribution in [0.1, 0.15) is 0 Å². The molecule has 230 valence electrons. The highest BCUT2D eigenvalue weighted by molar-refractivity contribution is 7.26. The monoisotopic (exact) mass is 643 g/mol. The first-order valence-corrected chi connectivity index (χ1v) is 17.4. The van der Waals surface area contributed by atoms with Crippen LogP contribution in [0.3, 0.4) is 0 Å². The van der Waals surface area contributed by atoms with Gasteiger partial charge in [0.25, 0.3) is 0 Å². The summed E-state index contributed by atoms with van der Waals surface area (Å²) in [6.45, 7) is 0. The lowest BCUT2D eigenvalue weighted by Crippen LogP contribution is -2.10. The molecule has 0 saturated heterocycles. The minimum Gasteiger partial charge on any atom is -0.456 e. The predicted molar refractivity (Wildman–Crippen MR) is 210 cm³/mol. The van der Waals surface area contributed by atoms with Crippen molar-refractivity contribution in [1.29, 1.82) is 0 Å². The fourth-order valence-corrected chi connectivity index (χ4v) is 8.53. The Morgan fingerprint density at radius 2 is 1.12 bits per heavy atom. The Hall–Kier alpha value is -6.16. The van der Waals surface area contributed by atoms with E-state index >= 15 is 0 Å². The van der Waals surface area contributed by atoms with E-state index in [4.69, 9.17) is 4.42 Å². The van der Waals surface area contributed by atoms with Gasteiger partial charge in [-0.1, -0.05) is 121 Å². The highest BCUT2D eigenvalue weighted by atomic mass is 32.1. The average Bonchev–Trinajstić information content (AvgIpc) is 3.74. The summed E-state index contributed by atoms with van der Waals surface area (Å²) in [6.07, 6.45) is 0. The molecule has 0 N–H and O–H groups in total. The lowest BCUT2D eigenvalue weighted by molar-refractivity contribution is 0.669. The molecule has 0 atom stereocenters. The van der Waals surface area contributed by atoms with Crippen molar-refractivity contribution in [3.63, 3.8) is 0 Å². The van der Waals surface area contributed by atoms with Crippen LogP contribution in [0.15, 0.2) is 180 Å². The van der Waals surface area contributed by atoms with E-state index in [9.17, 15) is 0 Å². The third-order valence-corrected chi connectivity index (χ3v) is 10.9. The van der Waals surface area contributed by atoms with E-state index in [1.54, 1.807) is 0 Å². The molecule has 0 amide bonds. The molecule has 0 aliphatic heterocycles. The Balaban J connectivity index is 1.17. The van der Waals surface area contributed by atoms with Gasteiger partial charge in [-0.25, -0.2) is 0 Å². The number of thiophene rings is 1. The molecule has 49 heavy (non-hydrogen) atoms. The first-order chi connectivity index (χ1) is 24.3. The number of furan rings is 1. The summed E-state index contributed by atoms with van der Waals surface area (Å²) in [5.41, 5.74) is 10.1. The minimum absolute atomic E-state index is 0.912. The van der Waals surface area contributed by atoms with Crippen molar-refractivity contribution in [3.05, 3.63) is 176 Å². The molecule has 10 rings (SSSR count). The zero-order valence-corrected chi connectivity index (χ0v) is 27.3. The summed E-state index contributed by atoms with van der Waals surface area (Å²) in [6, 6.07) is 63.3. The van der Waals surface area contributed by atoms with Gasteiger partial charge in [0.15, 0.2) is 0 Å². The van der Waals surface area contributed by atoms with Gasteiger partial charge in [-0.3, -0.25) is 0 Å². The highest BCUT2D eigenvalue weighted by Gasteiger charge is 2.21. The third-order valence-electron chi connectivity index (χ3n) is 9.66. The van der Waals surface area contributed by atoms with Gasteiger partial charge in [-0.2, -0.15) is 0 Å². The number of benzene rings is 8. The molecule has 3 heteroatoms. The van der Waals surface area contributed by atoms with E-state index in [1.807, 2.05) is 23.5 Å². The lowest BCUT2D eigenvalue weighted by atomic mass is 9.98. The molecule has 8 aromatic carbocycles. The van der Waals surface area contributed by atoms with Gasteiger partial charge in [0.05, 0.1) is 10.4 Å². The molecule has 2 heterocycles. The van der Waals surface area contributed by atoms with E-state index in [-0.39, 0.29) is 0 Å². The number of hydrogen-bond acceptors (Lipinski definition) is 3. The van der Waals surface area contributed by atoms with Crippen molar-refractivity contribution in [2.75, 3.05) is 4.90 Å². The SMILES string of the molecule is c1ccc(-c2ccc(N(c3ccc(-c4ccc5oc6ccccc6c5c4)cc3)c3ccc4ccccc4c3)c3sc4ccccc4c23)cc1. The Bertz CT molecular complexity index is 2830. The van der Waals surface area contributed by atoms with Crippen LogP contribution in [-0.2, 0) is 0 Å². The number of hydrogen-bond donors (Lipinski definition) is 0. The molecule has 2 nitrogen and oxygen atoms in total. The molecule has 0 spiro atoms. The topological polar surface area (TPSA) is 16.4 Å². The number of nitrogens with zero attached hydrogens (tertiary/aromatic N) is 1. The number of para-hydroxylation sites is 1. The first-order valence-electron chi connectivity index (χ1n) is 16.6. The van der Waals surface area contributed by atoms with Crippen molar-refractivity contribution in [1.82, 2.24) is 0 Å². The number of fused-ring (bicyclic) bond motifs is 7. The second kappa shape index (κ2) is 11.2. The van der Waals surface area contributed by atoms with E-state index in [0.29, 0.717) is 0 Å². The molecule has 0 fully saturated rings. The summed E-state index contributed by atoms with van der Waals surface area (Å²) in [5, 5.41) is 7.32. The Morgan fingerprint density at radius 3 is 2.00 bits per heavy atom. The summed E-state index contributed by atoms with van der Waals surface area (Å²) in [4.78, 5) is 2.43. The fourth-order valence-electron chi connectivity index (χ4n) is 7.30. The predicted octanol–water partition coefficient (Wildman–Crippen LogP) is 13.9. The normalized spacial score (nSPS) is 11.7. The van der Waals surface area contributed by atoms with Crippen molar-refractivity contribution in [2.45, 2.75) is 0 Å². The molecule has 0 bridgehead atoms. The molecule has 0 radical (unpaired) electrons. The molecule has 0 aliphatic rings. The van der Waals surface area contributed by atoms with Crippen LogP contribution < -0.4 is 4.90 Å². The van der Waals surface area contributed by atoms with Crippen molar-refractivity contribution >= 4 is 81.3 Å². The van der Waals surface area contributed by atoms with E-state index in [1.165, 1.54) is 58.9 Å². The lowest BCUT2D eigenvalue weighted by Gasteiger charge is -2.27. The maximum Gasteiger partial charge on any atom is 0.135 e. The van der Waals surface area contributed by atoms with Crippen molar-refractivity contribution in [2.24, 2.45) is 0 Å². The quantitative estimate of drug-likeness (QED) is 0.186. The van der Waals surface area contributed by atoms with Gasteiger partial charge < -0.3 is 9.32 Å². The molecule has 0 unspecified atom stereocenters. The summed E-state index contributed by atoms with van der Waals surface area (Å²) < 4.78 is 8.68. The van der Waals surface area contributed by atoms with Crippen LogP contribution in [0.4, 0.5) is 17.1 Å². The maximum atomic E-state index is 6.11. The van der Waals surface area contributed by atoms with Crippen LogP contribution in [0.5, 0.6) is 0 Å². The van der Waals surface area contributed by atoms with Crippen molar-refractivity contribution < 1.29 is 4.42 Å². The van der Waals surface area contributed by atoms with Gasteiger partial charge in [0.1, 0.15) is 11.2 Å². The van der Waals surface area contributed by atoms with Gasteiger partial charge >= 0.3 is 0 Å². The maximum absolute atomic E-state index is 6.11. The number of anilines is 3. The van der Waals surface area contributed by atoms with E-state index in [0.717, 1.165) is 33.3 Å². The zero-order chi connectivity index (χ0) is 32.3. The van der Waals surface area contributed by atoms with Crippen LogP contribution in [-0.4, -0.2) is 0 Å². The summed E-state index contributed by atoms with van der Waals surface area (Å²) in [7, 11) is 0. The first kappa shape index (κ1) is 27.9. The van der Waals surface area contributed by atoms with E-state index in [2.05, 4.69) is 169 Å². The largest absolute Gasteiger partial charge is 0.456 e. The molecule has 0 aliphatic carbocycles. The molecule has 2 aromatic heterocycles. The van der Waals surface area contributed by atoms with Gasteiger partial charge in [-0.05, 0) is 87.6 Å². The minimum atomic E-state index is 0.912. The van der Waals surface area contributed by atoms with Crippen LogP contribution in [0, 0.1) is 0 Å². The van der Waals surface area contributed by atoms with E-state index < -0.39 is 0 Å².